The van der Waals surface area contributed by atoms with Crippen LogP contribution in [0, 0.1) is 11.8 Å². The Morgan fingerprint density at radius 3 is 2.15 bits per heavy atom. The van der Waals surface area contributed by atoms with Crippen LogP contribution in [-0.2, 0) is 33.3 Å². The fourth-order valence-corrected chi connectivity index (χ4v) is 6.65. The molecule has 16 heteroatoms. The molecule has 10 N–H and O–H groups in total. The van der Waals surface area contributed by atoms with Crippen molar-refractivity contribution in [1.82, 2.24) is 0 Å². The number of ketones is 1. The lowest BCUT2D eigenvalue weighted by molar-refractivity contribution is -0.310. The standard InChI is InChI=1S/C39H59NO15/c1-22(2)30-14-12-10-8-6-4-5-7-9-11-13-26(53-38-36(48)34(40)35(47)23(3)52-38)19-31-33(37(49)50)29(45)21-39(51,55-31)20-28(44)27(43)16-15-24(41)17-25(42)18-32(46)54-30/h4-13,22-23,25-31,33-36,38,42-45,47-48,51H,14-21,40H2,1-3H3,(H,49,50). The number of hydrogen-bond acceptors (Lipinski definition) is 15. The SMILES string of the molecule is CC(C)C1CC=CC=CC=CC=CC=CC(OC2OC(C)C(O)C(N)C2O)CC2OC(O)(CC(O)C(O)CCC(=O)CC(O)CC(=O)O1)CC(O)C2C(=O)O. The summed E-state index contributed by atoms with van der Waals surface area (Å²) >= 11 is 0. The number of fused-ring (bicyclic) bond motifs is 2. The van der Waals surface area contributed by atoms with Crippen LogP contribution in [-0.4, -0.2) is 138 Å². The number of esters is 1. The topological polar surface area (TPSA) is 276 Å². The third-order valence-electron chi connectivity index (χ3n) is 9.86. The van der Waals surface area contributed by atoms with Gasteiger partial charge in [0, 0.05) is 38.5 Å². The highest BCUT2D eigenvalue weighted by atomic mass is 16.7. The third kappa shape index (κ3) is 14.7. The van der Waals surface area contributed by atoms with Crippen molar-refractivity contribution in [2.75, 3.05) is 0 Å². The molecule has 16 nitrogen and oxygen atoms in total. The molecule has 3 rings (SSSR count). The average molecular weight is 782 g/mol. The molecule has 310 valence electrons. The van der Waals surface area contributed by atoms with E-state index in [4.69, 9.17) is 24.7 Å². The van der Waals surface area contributed by atoms with E-state index < -0.39 is 128 Å². The number of allylic oxidation sites excluding steroid dienone is 8. The Hall–Kier alpha value is -3.13. The zero-order chi connectivity index (χ0) is 40.9. The van der Waals surface area contributed by atoms with Crippen molar-refractivity contribution in [2.24, 2.45) is 17.6 Å². The number of Topliss-reactive ketones (excluding diaryl/α,β-unsaturated/α-hetero) is 1. The van der Waals surface area contributed by atoms with Gasteiger partial charge in [0.15, 0.2) is 12.1 Å². The first-order valence-electron chi connectivity index (χ1n) is 18.7. The van der Waals surface area contributed by atoms with E-state index in [0.717, 1.165) is 0 Å². The Morgan fingerprint density at radius 2 is 1.51 bits per heavy atom. The number of aliphatic carboxylic acids is 1. The van der Waals surface area contributed by atoms with E-state index in [2.05, 4.69) is 0 Å². The molecule has 14 unspecified atom stereocenters. The molecule has 0 amide bonds. The minimum Gasteiger partial charge on any atom is -0.481 e. The monoisotopic (exact) mass is 781 g/mol. The number of carboxylic acids is 1. The maximum absolute atomic E-state index is 12.6. The van der Waals surface area contributed by atoms with Gasteiger partial charge in [0.25, 0.3) is 0 Å². The Labute approximate surface area is 321 Å². The van der Waals surface area contributed by atoms with Crippen LogP contribution in [0.25, 0.3) is 0 Å². The summed E-state index contributed by atoms with van der Waals surface area (Å²) in [4.78, 5) is 37.5. The lowest BCUT2D eigenvalue weighted by Gasteiger charge is -2.45. The second-order valence-electron chi connectivity index (χ2n) is 14.9. The normalized spacial score (nSPS) is 39.7. The molecule has 0 radical (unpaired) electrons. The molecule has 0 aliphatic carbocycles. The highest BCUT2D eigenvalue weighted by Crippen LogP contribution is 2.38. The maximum atomic E-state index is 12.6. The summed E-state index contributed by atoms with van der Waals surface area (Å²) in [6.07, 6.45) is 0.363. The van der Waals surface area contributed by atoms with Crippen molar-refractivity contribution >= 4 is 17.7 Å². The van der Waals surface area contributed by atoms with Gasteiger partial charge in [0.05, 0.1) is 61.3 Å². The number of ether oxygens (including phenoxy) is 4. The number of aliphatic hydroxyl groups excluding tert-OH is 6. The Kier molecular flexibility index (Phi) is 18.5. The van der Waals surface area contributed by atoms with Crippen LogP contribution >= 0.6 is 0 Å². The van der Waals surface area contributed by atoms with Gasteiger partial charge >= 0.3 is 11.9 Å². The van der Waals surface area contributed by atoms with Crippen LogP contribution in [0.3, 0.4) is 0 Å². The molecule has 0 aromatic heterocycles. The summed E-state index contributed by atoms with van der Waals surface area (Å²) < 4.78 is 23.1. The molecule has 3 aliphatic rings. The summed E-state index contributed by atoms with van der Waals surface area (Å²) in [7, 11) is 0. The molecule has 2 saturated heterocycles. The van der Waals surface area contributed by atoms with Crippen molar-refractivity contribution in [3.63, 3.8) is 0 Å². The fourth-order valence-electron chi connectivity index (χ4n) is 6.65. The van der Waals surface area contributed by atoms with Gasteiger partial charge in [-0.05, 0) is 19.3 Å². The number of cyclic esters (lactones) is 1. The van der Waals surface area contributed by atoms with Crippen molar-refractivity contribution in [2.45, 2.75) is 151 Å². The van der Waals surface area contributed by atoms with Gasteiger partial charge in [-0.3, -0.25) is 14.4 Å². The first kappa shape index (κ1) is 46.3. The highest BCUT2D eigenvalue weighted by molar-refractivity contribution is 5.80. The van der Waals surface area contributed by atoms with Gasteiger partial charge in [-0.1, -0.05) is 74.6 Å². The number of nitrogens with two attached hydrogens (primary N) is 1. The molecule has 3 aliphatic heterocycles. The second kappa shape index (κ2) is 22.0. The van der Waals surface area contributed by atoms with Crippen molar-refractivity contribution in [3.05, 3.63) is 60.8 Å². The minimum absolute atomic E-state index is 0.0215. The van der Waals surface area contributed by atoms with E-state index in [1.54, 1.807) is 48.6 Å². The molecule has 55 heavy (non-hydrogen) atoms. The summed E-state index contributed by atoms with van der Waals surface area (Å²) in [5.74, 6) is -6.54. The van der Waals surface area contributed by atoms with Crippen LogP contribution in [0.15, 0.2) is 60.8 Å². The number of aliphatic hydroxyl groups is 7. The van der Waals surface area contributed by atoms with E-state index in [0.29, 0.717) is 6.42 Å². The van der Waals surface area contributed by atoms with Crippen LogP contribution in [0.2, 0.25) is 0 Å². The molecule has 0 aromatic carbocycles. The summed E-state index contributed by atoms with van der Waals surface area (Å²) in [5.41, 5.74) is 5.99. The predicted octanol–water partition coefficient (Wildman–Crippen LogP) is 0.450. The Morgan fingerprint density at radius 1 is 0.891 bits per heavy atom. The zero-order valence-electron chi connectivity index (χ0n) is 31.5. The molecule has 0 spiro atoms. The van der Waals surface area contributed by atoms with E-state index in [-0.39, 0.29) is 25.2 Å². The second-order valence-corrected chi connectivity index (χ2v) is 14.9. The van der Waals surface area contributed by atoms with Gasteiger partial charge < -0.3 is 65.5 Å². The maximum Gasteiger partial charge on any atom is 0.311 e. The van der Waals surface area contributed by atoms with Gasteiger partial charge in [-0.25, -0.2) is 0 Å². The van der Waals surface area contributed by atoms with Crippen LogP contribution in [0.4, 0.5) is 0 Å². The molecule has 0 aromatic rings. The fraction of sp³-hybridized carbons (Fsp3) is 0.667. The molecular formula is C39H59NO15. The van der Waals surface area contributed by atoms with Gasteiger partial charge in [0.1, 0.15) is 23.9 Å². The molecule has 14 atom stereocenters. The molecule has 3 heterocycles. The lowest BCUT2D eigenvalue weighted by atomic mass is 9.82. The largest absolute Gasteiger partial charge is 0.481 e. The summed E-state index contributed by atoms with van der Waals surface area (Å²) in [6, 6.07) is -1.13. The number of rotatable bonds is 4. The summed E-state index contributed by atoms with van der Waals surface area (Å²) in [5, 5.41) is 85.3. The van der Waals surface area contributed by atoms with Gasteiger partial charge in [-0.15, -0.1) is 0 Å². The quantitative estimate of drug-likeness (QED) is 0.175. The molecule has 2 fully saturated rings. The predicted molar refractivity (Wildman–Crippen MR) is 197 cm³/mol. The van der Waals surface area contributed by atoms with Gasteiger partial charge in [-0.2, -0.15) is 0 Å². The van der Waals surface area contributed by atoms with E-state index >= 15 is 0 Å². The Bertz CT molecular complexity index is 1400. The lowest BCUT2D eigenvalue weighted by Crippen LogP contribution is -2.61. The van der Waals surface area contributed by atoms with E-state index in [9.17, 15) is 55.2 Å². The van der Waals surface area contributed by atoms with E-state index in [1.807, 2.05) is 19.9 Å². The Balaban J connectivity index is 1.90. The average Bonchev–Trinajstić information content (AvgIpc) is 3.08. The molecule has 2 bridgehead atoms. The highest BCUT2D eigenvalue weighted by Gasteiger charge is 2.51. The zero-order valence-corrected chi connectivity index (χ0v) is 31.5. The first-order valence-corrected chi connectivity index (χ1v) is 18.7. The van der Waals surface area contributed by atoms with Crippen LogP contribution in [0.1, 0.15) is 72.1 Å². The number of carbonyl (C=O) groups excluding carboxylic acids is 2. The molecular weight excluding hydrogens is 722 g/mol. The number of carboxylic acid groups (broad SMARTS) is 1. The van der Waals surface area contributed by atoms with Crippen molar-refractivity contribution < 1.29 is 74.2 Å². The third-order valence-corrected chi connectivity index (χ3v) is 9.86. The molecule has 0 saturated carbocycles. The summed E-state index contributed by atoms with van der Waals surface area (Å²) in [6.45, 7) is 5.32. The van der Waals surface area contributed by atoms with Crippen LogP contribution < -0.4 is 5.73 Å². The van der Waals surface area contributed by atoms with E-state index in [1.165, 1.54) is 13.0 Å². The number of hydrogen-bond donors (Lipinski definition) is 9. The number of carbonyl (C=O) groups is 3. The van der Waals surface area contributed by atoms with Crippen molar-refractivity contribution in [3.8, 4) is 0 Å². The minimum atomic E-state index is -2.34. The first-order chi connectivity index (χ1) is 25.9. The van der Waals surface area contributed by atoms with Gasteiger partial charge in [0.2, 0.25) is 0 Å². The van der Waals surface area contributed by atoms with Crippen molar-refractivity contribution in [1.29, 1.82) is 0 Å². The smallest absolute Gasteiger partial charge is 0.311 e. The van der Waals surface area contributed by atoms with Crippen LogP contribution in [0.5, 0.6) is 0 Å².